The molecule has 0 aliphatic rings. The fourth-order valence-electron chi connectivity index (χ4n) is 2.53. The molecule has 4 aromatic rings. The Balaban J connectivity index is 1.75. The topological polar surface area (TPSA) is 73.3 Å². The van der Waals surface area contributed by atoms with Gasteiger partial charge in [0.1, 0.15) is 5.82 Å². The molecule has 28 heavy (non-hydrogen) atoms. The lowest BCUT2D eigenvalue weighted by atomic mass is 10.2. The Morgan fingerprint density at radius 3 is 2.43 bits per heavy atom. The quantitative estimate of drug-likeness (QED) is 0.403. The van der Waals surface area contributed by atoms with Crippen LogP contribution in [0.2, 0.25) is 0 Å². The van der Waals surface area contributed by atoms with Crippen molar-refractivity contribution in [1.29, 1.82) is 0 Å². The lowest BCUT2D eigenvalue weighted by Crippen LogP contribution is -2.03. The predicted molar refractivity (Wildman–Crippen MR) is 102 cm³/mol. The molecule has 5 nitrogen and oxygen atoms in total. The third kappa shape index (κ3) is 3.61. The highest BCUT2D eigenvalue weighted by molar-refractivity contribution is 7.99. The van der Waals surface area contributed by atoms with E-state index < -0.39 is 9.84 Å². The van der Waals surface area contributed by atoms with E-state index in [1.54, 1.807) is 48.5 Å². The Bertz CT molecular complexity index is 1190. The van der Waals surface area contributed by atoms with Gasteiger partial charge in [0.05, 0.1) is 11.2 Å². The molecule has 0 N–H and O–H groups in total. The number of hydrogen-bond acceptors (Lipinski definition) is 6. The van der Waals surface area contributed by atoms with Gasteiger partial charge in [0.2, 0.25) is 20.0 Å². The monoisotopic (exact) mass is 415 g/mol. The average Bonchev–Trinajstić information content (AvgIpc) is 3.38. The molecule has 0 unspecified atom stereocenters. The molecule has 0 aliphatic carbocycles. The van der Waals surface area contributed by atoms with Crippen LogP contribution in [-0.2, 0) is 15.6 Å². The van der Waals surface area contributed by atoms with Gasteiger partial charge in [0.15, 0.2) is 5.76 Å². The van der Waals surface area contributed by atoms with Crippen molar-refractivity contribution in [2.75, 3.05) is 0 Å². The largest absolute Gasteiger partial charge is 0.459 e. The van der Waals surface area contributed by atoms with Gasteiger partial charge in [-0.15, -0.1) is 0 Å². The minimum atomic E-state index is -3.92. The van der Waals surface area contributed by atoms with Crippen molar-refractivity contribution in [3.8, 4) is 11.7 Å². The Morgan fingerprint density at radius 1 is 0.964 bits per heavy atom. The van der Waals surface area contributed by atoms with Crippen LogP contribution in [0, 0.1) is 5.82 Å². The molecular formula is C20H14FNO4S2. The SMILES string of the molecule is O=S(=O)(c1ccccc1)c1nc(-c2ccco2)oc1SCc1ccccc1F. The first-order chi connectivity index (χ1) is 13.6. The Labute approximate surface area is 165 Å². The van der Waals surface area contributed by atoms with Crippen molar-refractivity contribution in [3.05, 3.63) is 84.4 Å². The molecule has 0 radical (unpaired) electrons. The number of hydrogen-bond donors (Lipinski definition) is 0. The summed E-state index contributed by atoms with van der Waals surface area (Å²) in [5, 5.41) is -0.134. The average molecular weight is 415 g/mol. The van der Waals surface area contributed by atoms with Crippen molar-refractivity contribution >= 4 is 21.6 Å². The molecule has 0 spiro atoms. The number of sulfone groups is 1. The van der Waals surface area contributed by atoms with Crippen LogP contribution < -0.4 is 0 Å². The van der Waals surface area contributed by atoms with Crippen LogP contribution >= 0.6 is 11.8 Å². The fraction of sp³-hybridized carbons (Fsp3) is 0.0500. The first kappa shape index (κ1) is 18.5. The second kappa shape index (κ2) is 7.65. The summed E-state index contributed by atoms with van der Waals surface area (Å²) in [7, 11) is -3.92. The molecule has 0 aliphatic heterocycles. The molecular weight excluding hydrogens is 401 g/mol. The van der Waals surface area contributed by atoms with E-state index in [1.807, 2.05) is 0 Å². The van der Waals surface area contributed by atoms with Crippen molar-refractivity contribution < 1.29 is 21.6 Å². The summed E-state index contributed by atoms with van der Waals surface area (Å²) in [6.45, 7) is 0. The van der Waals surface area contributed by atoms with E-state index in [9.17, 15) is 12.8 Å². The van der Waals surface area contributed by atoms with E-state index >= 15 is 0 Å². The standard InChI is InChI=1S/C20H14FNO4S2/c21-16-10-5-4-7-14(16)13-27-20-19(22-18(26-20)17-11-6-12-25-17)28(23,24)15-8-2-1-3-9-15/h1-12H,13H2. The van der Waals surface area contributed by atoms with Crippen LogP contribution in [-0.4, -0.2) is 13.4 Å². The maximum Gasteiger partial charge on any atom is 0.265 e. The van der Waals surface area contributed by atoms with E-state index in [0.29, 0.717) is 11.3 Å². The smallest absolute Gasteiger partial charge is 0.265 e. The molecule has 0 bridgehead atoms. The second-order valence-corrected chi connectivity index (χ2v) is 8.60. The number of thioether (sulfide) groups is 1. The van der Waals surface area contributed by atoms with Gasteiger partial charge in [-0.2, -0.15) is 4.98 Å². The van der Waals surface area contributed by atoms with Crippen molar-refractivity contribution in [2.45, 2.75) is 20.8 Å². The van der Waals surface area contributed by atoms with Crippen LogP contribution in [0.15, 0.2) is 96.8 Å². The summed E-state index contributed by atoms with van der Waals surface area (Å²) in [4.78, 5) is 4.27. The third-order valence-corrected chi connectivity index (χ3v) is 6.73. The first-order valence-corrected chi connectivity index (χ1v) is 10.7. The Hall–Kier alpha value is -2.84. The molecule has 0 fully saturated rings. The van der Waals surface area contributed by atoms with Crippen molar-refractivity contribution in [1.82, 2.24) is 4.98 Å². The molecule has 2 aromatic carbocycles. The predicted octanol–water partition coefficient (Wildman–Crippen LogP) is 5.20. The van der Waals surface area contributed by atoms with E-state index in [2.05, 4.69) is 4.98 Å². The zero-order valence-electron chi connectivity index (χ0n) is 14.4. The maximum atomic E-state index is 13.9. The first-order valence-electron chi connectivity index (χ1n) is 8.27. The number of oxazole rings is 1. The number of halogens is 1. The highest BCUT2D eigenvalue weighted by atomic mass is 32.2. The number of benzene rings is 2. The highest BCUT2D eigenvalue weighted by Crippen LogP contribution is 2.36. The molecule has 4 rings (SSSR count). The lowest BCUT2D eigenvalue weighted by molar-refractivity contribution is 0.451. The van der Waals surface area contributed by atoms with Crippen LogP contribution in [0.5, 0.6) is 0 Å². The minimum absolute atomic E-state index is 0.0514. The van der Waals surface area contributed by atoms with Gasteiger partial charge in [0.25, 0.3) is 5.89 Å². The molecule has 0 amide bonds. The number of rotatable bonds is 6. The number of furan rings is 1. The van der Waals surface area contributed by atoms with E-state index in [1.165, 1.54) is 24.5 Å². The zero-order valence-corrected chi connectivity index (χ0v) is 16.0. The third-order valence-electron chi connectivity index (χ3n) is 3.92. The van der Waals surface area contributed by atoms with Crippen LogP contribution in [0.4, 0.5) is 4.39 Å². The lowest BCUT2D eigenvalue weighted by Gasteiger charge is -2.04. The second-order valence-electron chi connectivity index (χ2n) is 5.79. The molecule has 142 valence electrons. The summed E-state index contributed by atoms with van der Waals surface area (Å²) < 4.78 is 51.0. The van der Waals surface area contributed by atoms with Crippen molar-refractivity contribution in [3.63, 3.8) is 0 Å². The summed E-state index contributed by atoms with van der Waals surface area (Å²) >= 11 is 1.06. The summed E-state index contributed by atoms with van der Waals surface area (Å²) in [5.74, 6) is 0.183. The maximum absolute atomic E-state index is 13.9. The summed E-state index contributed by atoms with van der Waals surface area (Å²) in [6.07, 6.45) is 1.44. The van der Waals surface area contributed by atoms with E-state index in [4.69, 9.17) is 8.83 Å². The molecule has 0 saturated carbocycles. The van der Waals surface area contributed by atoms with Gasteiger partial charge >= 0.3 is 0 Å². The minimum Gasteiger partial charge on any atom is -0.459 e. The van der Waals surface area contributed by atoms with Crippen LogP contribution in [0.1, 0.15) is 5.56 Å². The molecule has 2 heterocycles. The molecule has 8 heteroatoms. The van der Waals surface area contributed by atoms with Gasteiger partial charge in [0, 0.05) is 5.75 Å². The van der Waals surface area contributed by atoms with E-state index in [-0.39, 0.29) is 32.5 Å². The summed E-state index contributed by atoms with van der Waals surface area (Å²) in [6, 6.07) is 17.5. The van der Waals surface area contributed by atoms with Crippen molar-refractivity contribution in [2.24, 2.45) is 0 Å². The van der Waals surface area contributed by atoms with Gasteiger partial charge < -0.3 is 8.83 Å². The highest BCUT2D eigenvalue weighted by Gasteiger charge is 2.29. The number of nitrogens with zero attached hydrogens (tertiary/aromatic N) is 1. The van der Waals surface area contributed by atoms with Gasteiger partial charge in [-0.25, -0.2) is 12.8 Å². The fourth-order valence-corrected chi connectivity index (χ4v) is 5.07. The molecule has 0 atom stereocenters. The summed E-state index contributed by atoms with van der Waals surface area (Å²) in [5.41, 5.74) is 0.437. The molecule has 2 aromatic heterocycles. The number of aromatic nitrogens is 1. The van der Waals surface area contributed by atoms with Crippen LogP contribution in [0.25, 0.3) is 11.7 Å². The van der Waals surface area contributed by atoms with Crippen LogP contribution in [0.3, 0.4) is 0 Å². The molecule has 0 saturated heterocycles. The Kier molecular flexibility index (Phi) is 5.06. The zero-order chi connectivity index (χ0) is 19.6. The van der Waals surface area contributed by atoms with Gasteiger partial charge in [-0.3, -0.25) is 0 Å². The van der Waals surface area contributed by atoms with Gasteiger partial charge in [-0.05, 0) is 35.9 Å². The van der Waals surface area contributed by atoms with E-state index in [0.717, 1.165) is 11.8 Å². The van der Waals surface area contributed by atoms with Gasteiger partial charge in [-0.1, -0.05) is 48.2 Å². The normalized spacial score (nSPS) is 11.6. The Morgan fingerprint density at radius 2 is 1.71 bits per heavy atom.